The average Bonchev–Trinajstić information content (AvgIpc) is 2.40. The summed E-state index contributed by atoms with van der Waals surface area (Å²) < 4.78 is 0. The topological polar surface area (TPSA) is 98.0 Å². The molecule has 1 N–H and O–H groups in total. The fourth-order valence-electron chi connectivity index (χ4n) is 1.32. The maximum absolute atomic E-state index is 11.9. The van der Waals surface area contributed by atoms with Gasteiger partial charge in [-0.3, -0.25) is 14.9 Å². The number of carbonyl (C=O) groups is 1. The van der Waals surface area contributed by atoms with Crippen LogP contribution in [0.1, 0.15) is 10.4 Å². The minimum absolute atomic E-state index is 0.0819. The maximum Gasteiger partial charge on any atom is 0.288 e. The van der Waals surface area contributed by atoms with Crippen molar-refractivity contribution in [3.63, 3.8) is 0 Å². The standard InChI is InChI=1S/C11H7ClN4O3/c12-10-8(5-7(6-14-10)16(18)19)11(17)15-9-3-1-2-4-13-9/h1-6H,(H,13,15,17). The van der Waals surface area contributed by atoms with Crippen LogP contribution in [0.3, 0.4) is 0 Å². The summed E-state index contributed by atoms with van der Waals surface area (Å²) in [6.45, 7) is 0. The van der Waals surface area contributed by atoms with Crippen LogP contribution in [-0.4, -0.2) is 20.8 Å². The third kappa shape index (κ3) is 3.02. The van der Waals surface area contributed by atoms with Crippen molar-refractivity contribution >= 4 is 29.0 Å². The first-order valence-corrected chi connectivity index (χ1v) is 5.48. The van der Waals surface area contributed by atoms with Crippen molar-refractivity contribution in [1.29, 1.82) is 0 Å². The van der Waals surface area contributed by atoms with E-state index in [1.165, 1.54) is 6.20 Å². The summed E-state index contributed by atoms with van der Waals surface area (Å²) in [5.41, 5.74) is -0.392. The van der Waals surface area contributed by atoms with Crippen LogP contribution in [0.15, 0.2) is 36.7 Å². The summed E-state index contributed by atoms with van der Waals surface area (Å²) in [5, 5.41) is 13.0. The Bertz CT molecular complexity index is 633. The van der Waals surface area contributed by atoms with Gasteiger partial charge in [-0.15, -0.1) is 0 Å². The van der Waals surface area contributed by atoms with Crippen molar-refractivity contribution in [2.24, 2.45) is 0 Å². The van der Waals surface area contributed by atoms with Crippen LogP contribution < -0.4 is 5.32 Å². The first-order valence-electron chi connectivity index (χ1n) is 5.10. The number of nitrogens with one attached hydrogen (secondary N) is 1. The molecule has 0 aliphatic rings. The van der Waals surface area contributed by atoms with Gasteiger partial charge in [-0.1, -0.05) is 17.7 Å². The molecule has 0 aromatic carbocycles. The molecule has 0 saturated heterocycles. The molecule has 0 spiro atoms. The minimum Gasteiger partial charge on any atom is -0.306 e. The van der Waals surface area contributed by atoms with Crippen LogP contribution in [-0.2, 0) is 0 Å². The van der Waals surface area contributed by atoms with Gasteiger partial charge in [0, 0.05) is 12.3 Å². The molecule has 96 valence electrons. The molecule has 2 aromatic rings. The molecule has 19 heavy (non-hydrogen) atoms. The summed E-state index contributed by atoms with van der Waals surface area (Å²) in [6, 6.07) is 6.03. The summed E-state index contributed by atoms with van der Waals surface area (Å²) in [6.07, 6.45) is 2.49. The lowest BCUT2D eigenvalue weighted by atomic mass is 10.2. The number of rotatable bonds is 3. The van der Waals surface area contributed by atoms with Gasteiger partial charge in [-0.05, 0) is 12.1 Å². The summed E-state index contributed by atoms with van der Waals surface area (Å²) in [7, 11) is 0. The molecule has 0 saturated carbocycles. The van der Waals surface area contributed by atoms with E-state index in [9.17, 15) is 14.9 Å². The third-order valence-corrected chi connectivity index (χ3v) is 2.49. The van der Waals surface area contributed by atoms with Crippen molar-refractivity contribution in [3.8, 4) is 0 Å². The first-order chi connectivity index (χ1) is 9.08. The highest BCUT2D eigenvalue weighted by Gasteiger charge is 2.17. The highest BCUT2D eigenvalue weighted by atomic mass is 35.5. The van der Waals surface area contributed by atoms with Gasteiger partial charge in [-0.2, -0.15) is 0 Å². The second-order valence-corrected chi connectivity index (χ2v) is 3.82. The molecule has 0 bridgehead atoms. The molecule has 2 aromatic heterocycles. The monoisotopic (exact) mass is 278 g/mol. The van der Waals surface area contributed by atoms with Crippen LogP contribution in [0.4, 0.5) is 11.5 Å². The van der Waals surface area contributed by atoms with Crippen LogP contribution in [0, 0.1) is 10.1 Å². The Kier molecular flexibility index (Phi) is 3.67. The van der Waals surface area contributed by atoms with E-state index in [0.29, 0.717) is 5.82 Å². The second kappa shape index (κ2) is 5.40. The number of amides is 1. The average molecular weight is 279 g/mol. The summed E-state index contributed by atoms with van der Waals surface area (Å²) in [4.78, 5) is 29.4. The lowest BCUT2D eigenvalue weighted by Crippen LogP contribution is -2.14. The zero-order chi connectivity index (χ0) is 13.8. The van der Waals surface area contributed by atoms with E-state index in [1.807, 2.05) is 0 Å². The van der Waals surface area contributed by atoms with Gasteiger partial charge in [0.2, 0.25) is 0 Å². The molecule has 8 heteroatoms. The first kappa shape index (κ1) is 12.9. The largest absolute Gasteiger partial charge is 0.306 e. The SMILES string of the molecule is O=C(Nc1ccccn1)c1cc([N+](=O)[O-])cnc1Cl. The van der Waals surface area contributed by atoms with E-state index in [4.69, 9.17) is 11.6 Å². The zero-order valence-electron chi connectivity index (χ0n) is 9.41. The smallest absolute Gasteiger partial charge is 0.288 e. The molecular formula is C11H7ClN4O3. The third-order valence-electron chi connectivity index (χ3n) is 2.19. The predicted octanol–water partition coefficient (Wildman–Crippen LogP) is 2.29. The van der Waals surface area contributed by atoms with Crippen molar-refractivity contribution in [1.82, 2.24) is 9.97 Å². The Morgan fingerprint density at radius 2 is 2.16 bits per heavy atom. The van der Waals surface area contributed by atoms with Crippen molar-refractivity contribution < 1.29 is 9.72 Å². The predicted molar refractivity (Wildman–Crippen MR) is 68.1 cm³/mol. The number of nitro groups is 1. The molecular weight excluding hydrogens is 272 g/mol. The Balaban J connectivity index is 2.28. The van der Waals surface area contributed by atoms with E-state index in [0.717, 1.165) is 12.3 Å². The van der Waals surface area contributed by atoms with Gasteiger partial charge in [0.05, 0.1) is 10.5 Å². The van der Waals surface area contributed by atoms with E-state index in [2.05, 4.69) is 15.3 Å². The second-order valence-electron chi connectivity index (χ2n) is 3.46. The van der Waals surface area contributed by atoms with Gasteiger partial charge >= 0.3 is 0 Å². The van der Waals surface area contributed by atoms with Gasteiger partial charge in [0.25, 0.3) is 11.6 Å². The van der Waals surface area contributed by atoms with E-state index in [-0.39, 0.29) is 16.4 Å². The Morgan fingerprint density at radius 1 is 1.37 bits per heavy atom. The molecule has 0 aliphatic carbocycles. The number of hydrogen-bond acceptors (Lipinski definition) is 5. The minimum atomic E-state index is -0.652. The highest BCUT2D eigenvalue weighted by molar-refractivity contribution is 6.33. The number of anilines is 1. The Hall–Kier alpha value is -2.54. The van der Waals surface area contributed by atoms with Crippen LogP contribution >= 0.6 is 11.6 Å². The van der Waals surface area contributed by atoms with Crippen LogP contribution in [0.2, 0.25) is 5.15 Å². The lowest BCUT2D eigenvalue weighted by molar-refractivity contribution is -0.385. The van der Waals surface area contributed by atoms with Gasteiger partial charge in [-0.25, -0.2) is 9.97 Å². The highest BCUT2D eigenvalue weighted by Crippen LogP contribution is 2.20. The Labute approximate surface area is 112 Å². The molecule has 1 amide bonds. The summed E-state index contributed by atoms with van der Waals surface area (Å²) >= 11 is 5.75. The number of carbonyl (C=O) groups excluding carboxylic acids is 1. The molecule has 0 aliphatic heterocycles. The lowest BCUT2D eigenvalue weighted by Gasteiger charge is -2.04. The number of aromatic nitrogens is 2. The molecule has 0 atom stereocenters. The van der Waals surface area contributed by atoms with Crippen molar-refractivity contribution in [2.45, 2.75) is 0 Å². The number of nitrogens with zero attached hydrogens (tertiary/aromatic N) is 3. The normalized spacial score (nSPS) is 9.95. The van der Waals surface area contributed by atoms with Crippen LogP contribution in [0.25, 0.3) is 0 Å². The molecule has 7 nitrogen and oxygen atoms in total. The van der Waals surface area contributed by atoms with E-state index >= 15 is 0 Å². The van der Waals surface area contributed by atoms with Gasteiger partial charge in [0.1, 0.15) is 17.2 Å². The van der Waals surface area contributed by atoms with Crippen molar-refractivity contribution in [2.75, 3.05) is 5.32 Å². The van der Waals surface area contributed by atoms with Gasteiger partial charge in [0.15, 0.2) is 0 Å². The molecule has 0 radical (unpaired) electrons. The molecule has 2 rings (SSSR count). The van der Waals surface area contributed by atoms with E-state index < -0.39 is 10.8 Å². The van der Waals surface area contributed by atoms with E-state index in [1.54, 1.807) is 18.2 Å². The number of halogens is 1. The quantitative estimate of drug-likeness (QED) is 0.527. The van der Waals surface area contributed by atoms with Crippen molar-refractivity contribution in [3.05, 3.63) is 57.5 Å². The molecule has 2 heterocycles. The summed E-state index contributed by atoms with van der Waals surface area (Å²) in [5.74, 6) is -0.296. The van der Waals surface area contributed by atoms with Gasteiger partial charge < -0.3 is 5.32 Å². The maximum atomic E-state index is 11.9. The molecule has 0 unspecified atom stereocenters. The molecule has 0 fully saturated rings. The van der Waals surface area contributed by atoms with Crippen LogP contribution in [0.5, 0.6) is 0 Å². The number of hydrogen-bond donors (Lipinski definition) is 1. The fourth-order valence-corrected chi connectivity index (χ4v) is 1.51. The fraction of sp³-hybridized carbons (Fsp3) is 0. The zero-order valence-corrected chi connectivity index (χ0v) is 10.2. The number of pyridine rings is 2. The Morgan fingerprint density at radius 3 is 2.79 bits per heavy atom.